The number of aryl methyl sites for hydroxylation is 1. The molecule has 0 fully saturated rings. The highest BCUT2D eigenvalue weighted by Crippen LogP contribution is 2.38. The molecule has 0 radical (unpaired) electrons. The number of carbonyl (C=O) groups is 1. The summed E-state index contributed by atoms with van der Waals surface area (Å²) < 4.78 is 0. The van der Waals surface area contributed by atoms with Crippen LogP contribution in [0.4, 0.5) is 10.8 Å². The monoisotopic (exact) mass is 273 g/mol. The fourth-order valence-electron chi connectivity index (χ4n) is 2.57. The van der Waals surface area contributed by atoms with E-state index in [2.05, 4.69) is 23.3 Å². The van der Waals surface area contributed by atoms with E-state index in [9.17, 15) is 4.79 Å². The van der Waals surface area contributed by atoms with E-state index in [0.29, 0.717) is 11.6 Å². The zero-order valence-electron chi connectivity index (χ0n) is 11.1. The highest BCUT2D eigenvalue weighted by molar-refractivity contribution is 7.15. The Balaban J connectivity index is 2.24. The van der Waals surface area contributed by atoms with Gasteiger partial charge in [-0.05, 0) is 43.5 Å². The Morgan fingerprint density at radius 1 is 1.32 bits per heavy atom. The molecule has 0 saturated heterocycles. The molecule has 0 unspecified atom stereocenters. The molecule has 19 heavy (non-hydrogen) atoms. The Bertz CT molecular complexity index is 703. The average Bonchev–Trinajstić information content (AvgIpc) is 2.86. The molecule has 0 aliphatic carbocycles. The number of fused-ring (bicyclic) bond motifs is 1. The van der Waals surface area contributed by atoms with Crippen molar-refractivity contribution in [1.82, 2.24) is 4.98 Å². The van der Waals surface area contributed by atoms with Gasteiger partial charge < -0.3 is 11.1 Å². The molecule has 3 rings (SSSR count). The predicted octanol–water partition coefficient (Wildman–Crippen LogP) is 2.81. The van der Waals surface area contributed by atoms with Crippen molar-refractivity contribution < 1.29 is 4.79 Å². The lowest BCUT2D eigenvalue weighted by Crippen LogP contribution is -2.04. The van der Waals surface area contributed by atoms with E-state index < -0.39 is 0 Å². The lowest BCUT2D eigenvalue weighted by atomic mass is 9.95. The van der Waals surface area contributed by atoms with Crippen LogP contribution in [0.25, 0.3) is 11.3 Å². The molecule has 1 aromatic carbocycles. The number of thiazole rings is 1. The second-order valence-corrected chi connectivity index (χ2v) is 6.12. The minimum Gasteiger partial charge on any atom is -0.375 e. The summed E-state index contributed by atoms with van der Waals surface area (Å²) in [5, 5.41) is 3.51. The first-order valence-electron chi connectivity index (χ1n) is 6.13. The van der Waals surface area contributed by atoms with Gasteiger partial charge >= 0.3 is 0 Å². The predicted molar refractivity (Wildman–Crippen MR) is 78.5 cm³/mol. The van der Waals surface area contributed by atoms with Crippen LogP contribution in [0.3, 0.4) is 0 Å². The van der Waals surface area contributed by atoms with Crippen LogP contribution in [0.1, 0.15) is 21.6 Å². The van der Waals surface area contributed by atoms with Crippen LogP contribution in [-0.2, 0) is 11.2 Å². The van der Waals surface area contributed by atoms with E-state index >= 15 is 0 Å². The molecular weight excluding hydrogens is 258 g/mol. The van der Waals surface area contributed by atoms with Crippen LogP contribution < -0.4 is 11.1 Å². The Labute approximate surface area is 115 Å². The summed E-state index contributed by atoms with van der Waals surface area (Å²) in [7, 11) is 0. The maximum absolute atomic E-state index is 11.5. The Hall–Kier alpha value is -1.88. The standard InChI is InChI=1S/C14H15N3OS/c1-6-7(2)12-9(5-11(18)16-12)4-10(6)13-8(3)19-14(15)17-13/h4H,5H2,1-3H3,(H2,15,17)(H,16,18). The number of aromatic nitrogens is 1. The summed E-state index contributed by atoms with van der Waals surface area (Å²) in [5.74, 6) is 0.0594. The summed E-state index contributed by atoms with van der Waals surface area (Å²) >= 11 is 1.50. The lowest BCUT2D eigenvalue weighted by molar-refractivity contribution is -0.115. The third-order valence-corrected chi connectivity index (χ3v) is 4.46. The second-order valence-electron chi connectivity index (χ2n) is 4.89. The van der Waals surface area contributed by atoms with Gasteiger partial charge in [-0.15, -0.1) is 11.3 Å². The Morgan fingerprint density at radius 3 is 2.68 bits per heavy atom. The van der Waals surface area contributed by atoms with E-state index in [1.54, 1.807) is 0 Å². The molecule has 2 aromatic rings. The number of rotatable bonds is 1. The van der Waals surface area contributed by atoms with E-state index in [1.807, 2.05) is 13.8 Å². The molecule has 98 valence electrons. The van der Waals surface area contributed by atoms with Crippen molar-refractivity contribution in [2.24, 2.45) is 0 Å². The van der Waals surface area contributed by atoms with Crippen molar-refractivity contribution in [3.8, 4) is 11.3 Å². The van der Waals surface area contributed by atoms with Crippen molar-refractivity contribution in [3.05, 3.63) is 27.6 Å². The summed E-state index contributed by atoms with van der Waals surface area (Å²) in [4.78, 5) is 17.1. The molecule has 4 nitrogen and oxygen atoms in total. The zero-order valence-corrected chi connectivity index (χ0v) is 11.9. The number of anilines is 2. The molecule has 1 aliphatic heterocycles. The van der Waals surface area contributed by atoms with Crippen molar-refractivity contribution in [2.45, 2.75) is 27.2 Å². The zero-order chi connectivity index (χ0) is 13.7. The average molecular weight is 273 g/mol. The molecule has 3 N–H and O–H groups in total. The summed E-state index contributed by atoms with van der Waals surface area (Å²) in [6.07, 6.45) is 0.447. The van der Waals surface area contributed by atoms with Crippen LogP contribution in [0.15, 0.2) is 6.07 Å². The minimum atomic E-state index is 0.0594. The molecule has 0 atom stereocenters. The van der Waals surface area contributed by atoms with Crippen LogP contribution in [0, 0.1) is 20.8 Å². The van der Waals surface area contributed by atoms with E-state index in [0.717, 1.165) is 38.5 Å². The van der Waals surface area contributed by atoms with Gasteiger partial charge in [-0.2, -0.15) is 0 Å². The number of nitrogens with zero attached hydrogens (tertiary/aromatic N) is 1. The molecule has 1 aromatic heterocycles. The van der Waals surface area contributed by atoms with Gasteiger partial charge in [0.15, 0.2) is 5.13 Å². The van der Waals surface area contributed by atoms with Crippen molar-refractivity contribution in [1.29, 1.82) is 0 Å². The normalized spacial score (nSPS) is 13.5. The number of hydrogen-bond donors (Lipinski definition) is 2. The quantitative estimate of drug-likeness (QED) is 0.839. The minimum absolute atomic E-state index is 0.0594. The lowest BCUT2D eigenvalue weighted by Gasteiger charge is -2.12. The first kappa shape index (κ1) is 12.2. The first-order valence-corrected chi connectivity index (χ1v) is 6.95. The highest BCUT2D eigenvalue weighted by Gasteiger charge is 2.23. The maximum Gasteiger partial charge on any atom is 0.228 e. The highest BCUT2D eigenvalue weighted by atomic mass is 32.1. The molecule has 5 heteroatoms. The van der Waals surface area contributed by atoms with Gasteiger partial charge in [0.05, 0.1) is 12.1 Å². The number of hydrogen-bond acceptors (Lipinski definition) is 4. The van der Waals surface area contributed by atoms with Gasteiger partial charge in [-0.1, -0.05) is 0 Å². The third-order valence-electron chi connectivity index (χ3n) is 3.66. The van der Waals surface area contributed by atoms with Gasteiger partial charge in [-0.25, -0.2) is 4.98 Å². The summed E-state index contributed by atoms with van der Waals surface area (Å²) in [5.41, 5.74) is 12.1. The number of benzene rings is 1. The van der Waals surface area contributed by atoms with Crippen molar-refractivity contribution >= 4 is 28.1 Å². The first-order chi connectivity index (χ1) is 8.97. The topological polar surface area (TPSA) is 68.0 Å². The molecule has 1 amide bonds. The van der Waals surface area contributed by atoms with E-state index in [4.69, 9.17) is 5.73 Å². The number of carbonyl (C=O) groups excluding carboxylic acids is 1. The van der Waals surface area contributed by atoms with Gasteiger partial charge in [0.2, 0.25) is 5.91 Å². The van der Waals surface area contributed by atoms with Gasteiger partial charge in [0.25, 0.3) is 0 Å². The second kappa shape index (κ2) is 4.06. The van der Waals surface area contributed by atoms with Crippen molar-refractivity contribution in [2.75, 3.05) is 11.1 Å². The molecule has 0 bridgehead atoms. The van der Waals surface area contributed by atoms with E-state index in [1.165, 1.54) is 11.3 Å². The third kappa shape index (κ3) is 1.81. The van der Waals surface area contributed by atoms with Gasteiger partial charge in [0.1, 0.15) is 0 Å². The fraction of sp³-hybridized carbons (Fsp3) is 0.286. The number of amides is 1. The molecule has 0 spiro atoms. The molecule has 1 aliphatic rings. The Kier molecular flexibility index (Phi) is 2.60. The van der Waals surface area contributed by atoms with Crippen LogP contribution in [0.2, 0.25) is 0 Å². The van der Waals surface area contributed by atoms with Crippen molar-refractivity contribution in [3.63, 3.8) is 0 Å². The van der Waals surface area contributed by atoms with Crippen LogP contribution in [-0.4, -0.2) is 10.9 Å². The smallest absolute Gasteiger partial charge is 0.228 e. The van der Waals surface area contributed by atoms with Crippen LogP contribution in [0.5, 0.6) is 0 Å². The summed E-state index contributed by atoms with van der Waals surface area (Å²) in [6, 6.07) is 2.07. The summed E-state index contributed by atoms with van der Waals surface area (Å²) in [6.45, 7) is 6.12. The number of nitrogens with two attached hydrogens (primary N) is 1. The number of nitrogens with one attached hydrogen (secondary N) is 1. The van der Waals surface area contributed by atoms with Gasteiger partial charge in [-0.3, -0.25) is 4.79 Å². The maximum atomic E-state index is 11.5. The van der Waals surface area contributed by atoms with Crippen LogP contribution >= 0.6 is 11.3 Å². The number of nitrogen functional groups attached to an aromatic ring is 1. The fourth-order valence-corrected chi connectivity index (χ4v) is 3.27. The van der Waals surface area contributed by atoms with Gasteiger partial charge in [0, 0.05) is 16.1 Å². The largest absolute Gasteiger partial charge is 0.375 e. The molecular formula is C14H15N3OS. The SMILES string of the molecule is Cc1sc(N)nc1-c1cc2c(c(C)c1C)NC(=O)C2. The molecule has 2 heterocycles. The van der Waals surface area contributed by atoms with E-state index in [-0.39, 0.29) is 5.91 Å². The molecule has 0 saturated carbocycles. The Morgan fingerprint density at radius 2 is 2.05 bits per heavy atom.